The topological polar surface area (TPSA) is 112 Å². The molecule has 1 unspecified atom stereocenters. The van der Waals surface area contributed by atoms with Gasteiger partial charge in [-0.25, -0.2) is 19.3 Å². The predicted octanol–water partition coefficient (Wildman–Crippen LogP) is 5.54. The fourth-order valence-electron chi connectivity index (χ4n) is 5.62. The zero-order chi connectivity index (χ0) is 29.1. The Kier molecular flexibility index (Phi) is 8.76. The first kappa shape index (κ1) is 29.8. The number of unbranched alkanes of at least 4 members (excludes halogenated alkanes) is 1. The molecular weight excluding hydrogens is 562 g/mol. The molecule has 5 aromatic rings. The number of rotatable bonds is 9. The van der Waals surface area contributed by atoms with E-state index in [-0.39, 0.29) is 24.0 Å². The van der Waals surface area contributed by atoms with Crippen molar-refractivity contribution in [2.75, 3.05) is 0 Å². The Morgan fingerprint density at radius 3 is 2.60 bits per heavy atom. The van der Waals surface area contributed by atoms with Crippen LogP contribution in [0.15, 0.2) is 89.9 Å². The smallest absolute Gasteiger partial charge is 0.347 e. The van der Waals surface area contributed by atoms with Crippen LogP contribution in [0.4, 0.5) is 0 Å². The SMILES string of the molecule is C#CCCCC(O)/C=C/C(=O)NC1(c2ccc(-c3nc4ccn5c(=O)[nH]nc5c4cc3-c3ccccc3)cc2)CCC1.Cl. The van der Waals surface area contributed by atoms with E-state index in [4.69, 9.17) is 11.4 Å². The molecule has 2 aromatic carbocycles. The number of carbonyl (C=O) groups is 1. The zero-order valence-corrected chi connectivity index (χ0v) is 24.3. The second-order valence-corrected chi connectivity index (χ2v) is 10.7. The number of benzene rings is 2. The molecule has 218 valence electrons. The van der Waals surface area contributed by atoms with Gasteiger partial charge in [0, 0.05) is 35.2 Å². The van der Waals surface area contributed by atoms with Crippen LogP contribution in [0.3, 0.4) is 0 Å². The number of nitrogens with one attached hydrogen (secondary N) is 2. The number of aromatic nitrogens is 4. The van der Waals surface area contributed by atoms with Gasteiger partial charge in [0.15, 0.2) is 5.65 Å². The minimum atomic E-state index is -0.695. The third-order valence-electron chi connectivity index (χ3n) is 8.03. The van der Waals surface area contributed by atoms with Gasteiger partial charge in [-0.15, -0.1) is 24.8 Å². The molecule has 3 aromatic heterocycles. The van der Waals surface area contributed by atoms with Crippen molar-refractivity contribution in [2.24, 2.45) is 0 Å². The number of pyridine rings is 2. The van der Waals surface area contributed by atoms with Gasteiger partial charge in [0.1, 0.15) is 0 Å². The van der Waals surface area contributed by atoms with E-state index in [1.165, 1.54) is 16.6 Å². The number of carbonyl (C=O) groups excluding carboxylic acids is 1. The molecule has 1 amide bonds. The van der Waals surface area contributed by atoms with E-state index >= 15 is 0 Å². The molecule has 0 spiro atoms. The van der Waals surface area contributed by atoms with Gasteiger partial charge >= 0.3 is 5.69 Å². The summed E-state index contributed by atoms with van der Waals surface area (Å²) in [5.41, 5.74) is 5.25. The standard InChI is InChI=1S/C34H31N5O3.ClH/c1-2-3-5-11-26(40)16-17-30(41)36-34(19-8-20-34)25-14-12-24(13-15-25)31-27(23-9-6-4-7-10-23)22-28-29(35-31)18-21-39-32(28)37-38-33(39)42;/h1,4,6-7,9-10,12-18,21-22,26,40H,3,5,8,11,19-20H2,(H,36,41)(H,38,42);1H/b17-16+;. The summed E-state index contributed by atoms with van der Waals surface area (Å²) in [6.45, 7) is 0. The second kappa shape index (κ2) is 12.7. The first-order chi connectivity index (χ1) is 20.5. The summed E-state index contributed by atoms with van der Waals surface area (Å²) in [6, 6.07) is 22.1. The number of nitrogens with zero attached hydrogens (tertiary/aromatic N) is 3. The highest BCUT2D eigenvalue weighted by Gasteiger charge is 2.39. The summed E-state index contributed by atoms with van der Waals surface area (Å²) in [7, 11) is 0. The zero-order valence-electron chi connectivity index (χ0n) is 23.5. The van der Waals surface area contributed by atoms with Crippen LogP contribution in [0.25, 0.3) is 38.9 Å². The van der Waals surface area contributed by atoms with Crippen molar-refractivity contribution in [1.29, 1.82) is 0 Å². The van der Waals surface area contributed by atoms with Crippen molar-refractivity contribution in [1.82, 2.24) is 24.9 Å². The number of hydrogen-bond donors (Lipinski definition) is 3. The molecule has 1 aliphatic rings. The molecule has 3 heterocycles. The van der Waals surface area contributed by atoms with Crippen LogP contribution >= 0.6 is 12.4 Å². The molecule has 3 N–H and O–H groups in total. The van der Waals surface area contributed by atoms with Crippen LogP contribution in [0.1, 0.15) is 44.1 Å². The average Bonchev–Trinajstić information content (AvgIpc) is 3.39. The normalized spacial score (nSPS) is 14.6. The summed E-state index contributed by atoms with van der Waals surface area (Å²) in [4.78, 5) is 30.0. The average molecular weight is 594 g/mol. The third-order valence-corrected chi connectivity index (χ3v) is 8.03. The number of amides is 1. The minimum Gasteiger partial charge on any atom is -0.389 e. The second-order valence-electron chi connectivity index (χ2n) is 10.7. The number of halogens is 1. The van der Waals surface area contributed by atoms with E-state index in [1.807, 2.05) is 54.6 Å². The lowest BCUT2D eigenvalue weighted by Crippen LogP contribution is -2.50. The Bertz CT molecular complexity index is 1880. The van der Waals surface area contributed by atoms with E-state index in [0.29, 0.717) is 24.9 Å². The van der Waals surface area contributed by atoms with Gasteiger partial charge in [0.05, 0.1) is 22.9 Å². The summed E-state index contributed by atoms with van der Waals surface area (Å²) < 4.78 is 1.48. The van der Waals surface area contributed by atoms with Crippen molar-refractivity contribution in [3.63, 3.8) is 0 Å². The Labute approximate surface area is 255 Å². The number of fused-ring (bicyclic) bond motifs is 3. The van der Waals surface area contributed by atoms with Crippen LogP contribution < -0.4 is 11.0 Å². The predicted molar refractivity (Wildman–Crippen MR) is 171 cm³/mol. The molecule has 1 aliphatic carbocycles. The van der Waals surface area contributed by atoms with Crippen molar-refractivity contribution < 1.29 is 9.90 Å². The van der Waals surface area contributed by atoms with E-state index in [1.54, 1.807) is 6.20 Å². The molecule has 0 saturated heterocycles. The van der Waals surface area contributed by atoms with Crippen LogP contribution in [0.2, 0.25) is 0 Å². The van der Waals surface area contributed by atoms with Crippen molar-refractivity contribution >= 4 is 34.9 Å². The molecule has 1 saturated carbocycles. The lowest BCUT2D eigenvalue weighted by atomic mass is 9.71. The first-order valence-corrected chi connectivity index (χ1v) is 14.2. The van der Waals surface area contributed by atoms with Crippen LogP contribution in [-0.2, 0) is 10.3 Å². The van der Waals surface area contributed by atoms with Gasteiger partial charge in [-0.2, -0.15) is 5.10 Å². The molecule has 8 nitrogen and oxygen atoms in total. The highest BCUT2D eigenvalue weighted by Crippen LogP contribution is 2.42. The molecule has 0 radical (unpaired) electrons. The van der Waals surface area contributed by atoms with E-state index in [2.05, 4.69) is 33.6 Å². The lowest BCUT2D eigenvalue weighted by Gasteiger charge is -2.43. The quantitative estimate of drug-likeness (QED) is 0.118. The molecule has 1 fully saturated rings. The minimum absolute atomic E-state index is 0. The van der Waals surface area contributed by atoms with Crippen LogP contribution in [0, 0.1) is 12.3 Å². The van der Waals surface area contributed by atoms with E-state index in [0.717, 1.165) is 58.1 Å². The summed E-state index contributed by atoms with van der Waals surface area (Å²) in [5.74, 6) is 2.34. The highest BCUT2D eigenvalue weighted by molar-refractivity contribution is 5.98. The molecule has 0 bridgehead atoms. The van der Waals surface area contributed by atoms with Crippen molar-refractivity contribution in [3.05, 3.63) is 101 Å². The molecule has 9 heteroatoms. The third kappa shape index (κ3) is 5.96. The van der Waals surface area contributed by atoms with Crippen molar-refractivity contribution in [3.8, 4) is 34.7 Å². The maximum atomic E-state index is 12.8. The largest absolute Gasteiger partial charge is 0.389 e. The number of aliphatic hydroxyl groups is 1. The van der Waals surface area contributed by atoms with Gasteiger partial charge in [-0.1, -0.05) is 60.7 Å². The number of aromatic amines is 1. The van der Waals surface area contributed by atoms with E-state index in [9.17, 15) is 14.7 Å². The van der Waals surface area contributed by atoms with Gasteiger partial charge in [-0.05, 0) is 55.4 Å². The van der Waals surface area contributed by atoms with Crippen LogP contribution in [-0.4, -0.2) is 36.7 Å². The lowest BCUT2D eigenvalue weighted by molar-refractivity contribution is -0.119. The molecular formula is C34H32ClN5O3. The van der Waals surface area contributed by atoms with E-state index < -0.39 is 11.6 Å². The molecule has 6 rings (SSSR count). The fourth-order valence-corrected chi connectivity index (χ4v) is 5.62. The Balaban J connectivity index is 0.00000368. The monoisotopic (exact) mass is 593 g/mol. The Morgan fingerprint density at radius 2 is 1.91 bits per heavy atom. The Morgan fingerprint density at radius 1 is 1.14 bits per heavy atom. The Hall–Kier alpha value is -4.71. The first-order valence-electron chi connectivity index (χ1n) is 14.2. The summed E-state index contributed by atoms with van der Waals surface area (Å²) in [5, 5.41) is 20.8. The van der Waals surface area contributed by atoms with Gasteiger partial charge in [0.25, 0.3) is 0 Å². The summed E-state index contributed by atoms with van der Waals surface area (Å²) >= 11 is 0. The molecule has 0 aliphatic heterocycles. The summed E-state index contributed by atoms with van der Waals surface area (Å²) in [6.07, 6.45) is 13.8. The number of aliphatic hydroxyl groups excluding tert-OH is 1. The number of H-pyrrole nitrogens is 1. The van der Waals surface area contributed by atoms with Gasteiger partial charge in [0.2, 0.25) is 5.91 Å². The van der Waals surface area contributed by atoms with Gasteiger partial charge < -0.3 is 10.4 Å². The maximum Gasteiger partial charge on any atom is 0.347 e. The number of hydrogen-bond acceptors (Lipinski definition) is 5. The fraction of sp³-hybridized carbons (Fsp3) is 0.235. The molecule has 1 atom stereocenters. The molecule has 43 heavy (non-hydrogen) atoms. The highest BCUT2D eigenvalue weighted by atomic mass is 35.5. The number of terminal acetylenes is 1. The van der Waals surface area contributed by atoms with Crippen molar-refractivity contribution in [2.45, 2.75) is 50.2 Å². The van der Waals surface area contributed by atoms with Gasteiger partial charge in [-0.3, -0.25) is 4.79 Å². The van der Waals surface area contributed by atoms with Crippen LogP contribution in [0.5, 0.6) is 0 Å². The maximum absolute atomic E-state index is 12.8.